The molecule has 0 fully saturated rings. The highest BCUT2D eigenvalue weighted by Crippen LogP contribution is 2.55. The third kappa shape index (κ3) is 8.80. The number of fused-ring (bicyclic) bond motifs is 14. The number of anilines is 6. The average molecular weight is 1270 g/mol. The van der Waals surface area contributed by atoms with Gasteiger partial charge >= 0.3 is 0 Å². The molecule has 6 heteroatoms. The van der Waals surface area contributed by atoms with Gasteiger partial charge in [0, 0.05) is 71.8 Å². The highest BCUT2D eigenvalue weighted by Gasteiger charge is 2.47. The van der Waals surface area contributed by atoms with Crippen LogP contribution in [-0.4, -0.2) is 15.8 Å². The summed E-state index contributed by atoms with van der Waals surface area (Å²) in [6, 6.07) is 89.4. The van der Waals surface area contributed by atoms with Crippen LogP contribution in [0.3, 0.4) is 0 Å². The molecule has 3 aromatic heterocycles. The van der Waals surface area contributed by atoms with Crippen molar-refractivity contribution >= 4 is 123 Å². The number of rotatable bonds is 8. The smallest absolute Gasteiger partial charge is 0.252 e. The molecule has 0 bridgehead atoms. The van der Waals surface area contributed by atoms with E-state index < -0.39 is 43.0 Å². The Hall–Kier alpha value is -11.9. The van der Waals surface area contributed by atoms with Crippen LogP contribution in [0.2, 0.25) is 0 Å². The van der Waals surface area contributed by atoms with E-state index in [9.17, 15) is 8.22 Å². The first-order chi connectivity index (χ1) is 51.2. The van der Waals surface area contributed by atoms with Gasteiger partial charge in [-0.25, -0.2) is 0 Å². The van der Waals surface area contributed by atoms with Gasteiger partial charge in [-0.1, -0.05) is 278 Å². The highest BCUT2D eigenvalue weighted by atomic mass is 16.3. The molecule has 0 unspecified atom stereocenters. The maximum atomic E-state index is 9.87. The number of benzene rings is 14. The fourth-order valence-electron chi connectivity index (χ4n) is 15.9. The molecular formula is C92H69BN4O. The van der Waals surface area contributed by atoms with Crippen molar-refractivity contribution in [1.82, 2.24) is 9.13 Å². The van der Waals surface area contributed by atoms with Crippen molar-refractivity contribution < 1.29 is 15.4 Å². The molecule has 0 amide bonds. The summed E-state index contributed by atoms with van der Waals surface area (Å²) in [7, 11) is 0. The van der Waals surface area contributed by atoms with E-state index in [0.29, 0.717) is 11.3 Å². The number of hydrogen-bond acceptors (Lipinski definition) is 3. The van der Waals surface area contributed by atoms with Gasteiger partial charge in [-0.2, -0.15) is 0 Å². The average Bonchev–Trinajstić information content (AvgIpc) is 1.16. The van der Waals surface area contributed by atoms with Crippen LogP contribution in [0.15, 0.2) is 314 Å². The molecule has 98 heavy (non-hydrogen) atoms. The molecule has 17 aromatic rings. The highest BCUT2D eigenvalue weighted by molar-refractivity contribution is 7.00. The van der Waals surface area contributed by atoms with Crippen molar-refractivity contribution in [2.24, 2.45) is 0 Å². The van der Waals surface area contributed by atoms with Crippen molar-refractivity contribution in [3.63, 3.8) is 0 Å². The molecule has 0 radical (unpaired) electrons. The Balaban J connectivity index is 1.05. The molecule has 19 rings (SSSR count). The van der Waals surface area contributed by atoms with Gasteiger partial charge in [0.1, 0.15) is 5.58 Å². The molecule has 0 atom stereocenters. The molecule has 14 aromatic carbocycles. The van der Waals surface area contributed by atoms with Gasteiger partial charge in [-0.05, 0) is 139 Å². The quantitative estimate of drug-likeness (QED) is 0.142. The van der Waals surface area contributed by atoms with Crippen LogP contribution >= 0.6 is 0 Å². The molecule has 466 valence electrons. The van der Waals surface area contributed by atoms with E-state index in [2.05, 4.69) is 286 Å². The van der Waals surface area contributed by atoms with Crippen LogP contribution in [0.4, 0.5) is 34.1 Å². The SMILES string of the molecule is [2H]c1c([2H])c([2H])c2c(c1[2H])c1c([2H])c([2H])c([2H])c([2H])c1n2-c1ccc2c(c1)N(c1c(-c3ccccc3)cccc1-c1ccccc1)c1cc(-n3c4ccc(C(C)(C)C)cc4c4cc(C(C)(C)C)ccc43)cc3c1B2c1cc(-c2ccccc2)c2c(oc4ccccc42)c1N3c1ccccc1-c1ccccc1. The second kappa shape index (κ2) is 21.8. The molecule has 5 nitrogen and oxygen atoms in total. The van der Waals surface area contributed by atoms with Crippen LogP contribution in [0.5, 0.6) is 0 Å². The third-order valence-electron chi connectivity index (χ3n) is 20.4. The van der Waals surface area contributed by atoms with Gasteiger partial charge < -0.3 is 23.4 Å². The maximum Gasteiger partial charge on any atom is 0.252 e. The molecule has 0 spiro atoms. The van der Waals surface area contributed by atoms with Gasteiger partial charge in [-0.3, -0.25) is 0 Å². The molecule has 0 saturated carbocycles. The van der Waals surface area contributed by atoms with E-state index in [1.807, 2.05) is 30.3 Å². The zero-order chi connectivity index (χ0) is 72.7. The molecule has 2 aliphatic rings. The standard InChI is InChI=1S/C92H69BN4O/c1-91(2,3)62-46-50-80-73(52-62)74-53-63(92(4,5)6)47-51-81(74)95(80)65-55-83-87-84(56-65)97(88-67(59-30-13-8-14-31-59)40-27-41-68(88)60-32-15-9-16-33-60)82-54-64(94-78-43-24-20-37-69(78)70-38-21-25-44-79(70)94)48-49-75(82)93(87)76-57-72(61-34-17-10-18-35-61)86-71-39-22-26-45-85(71)98-90(86)89(76)96(83)77-42-23-19-36-66(77)58-28-11-7-12-29-58/h7-57H,1-6H3/i20D,21D,24D,25D,37D,38D,43D,44D. The maximum absolute atomic E-state index is 9.87. The molecule has 2 aliphatic heterocycles. The number of furan rings is 1. The first-order valence-corrected chi connectivity index (χ1v) is 33.7. The number of hydrogen-bond donors (Lipinski definition) is 0. The summed E-state index contributed by atoms with van der Waals surface area (Å²) in [5, 5.41) is 4.19. The lowest BCUT2D eigenvalue weighted by Crippen LogP contribution is -2.61. The lowest BCUT2D eigenvalue weighted by atomic mass is 9.33. The zero-order valence-corrected chi connectivity index (χ0v) is 55.1. The van der Waals surface area contributed by atoms with Crippen LogP contribution in [0.1, 0.15) is 63.6 Å². The Morgan fingerprint density at radius 3 is 1.38 bits per heavy atom. The fraction of sp³-hybridized carbons (Fsp3) is 0.0870. The lowest BCUT2D eigenvalue weighted by Gasteiger charge is -2.45. The number of aromatic nitrogens is 2. The topological polar surface area (TPSA) is 29.5 Å². The Kier molecular flexibility index (Phi) is 11.1. The van der Waals surface area contributed by atoms with Crippen molar-refractivity contribution in [2.75, 3.05) is 9.80 Å². The Labute approximate surface area is 582 Å². The molecule has 0 aliphatic carbocycles. The summed E-state index contributed by atoms with van der Waals surface area (Å²) in [5.74, 6) is 0. The first-order valence-electron chi connectivity index (χ1n) is 37.7. The van der Waals surface area contributed by atoms with E-state index in [1.165, 1.54) is 11.1 Å². The van der Waals surface area contributed by atoms with Gasteiger partial charge in [0.15, 0.2) is 5.58 Å². The molecular weight excluding hydrogens is 1190 g/mol. The minimum absolute atomic E-state index is 0.00112. The lowest BCUT2D eigenvalue weighted by molar-refractivity contribution is 0.590. The van der Waals surface area contributed by atoms with E-state index in [0.717, 1.165) is 139 Å². The van der Waals surface area contributed by atoms with Crippen LogP contribution in [-0.2, 0) is 10.8 Å². The van der Waals surface area contributed by atoms with Crippen molar-refractivity contribution in [1.29, 1.82) is 0 Å². The molecule has 5 heterocycles. The number of nitrogens with zero attached hydrogens (tertiary/aromatic N) is 4. The van der Waals surface area contributed by atoms with Gasteiger partial charge in [-0.15, -0.1) is 0 Å². The zero-order valence-electron chi connectivity index (χ0n) is 63.1. The van der Waals surface area contributed by atoms with Gasteiger partial charge in [0.05, 0.1) is 55.8 Å². The van der Waals surface area contributed by atoms with E-state index in [4.69, 9.17) is 7.16 Å². The predicted octanol–water partition coefficient (Wildman–Crippen LogP) is 23.1. The summed E-state index contributed by atoms with van der Waals surface area (Å²) in [4.78, 5) is 4.91. The monoisotopic (exact) mass is 1260 g/mol. The van der Waals surface area contributed by atoms with Crippen molar-refractivity contribution in [3.05, 3.63) is 320 Å². The number of para-hydroxylation sites is 5. The summed E-state index contributed by atoms with van der Waals surface area (Å²) in [6.45, 7) is 13.0. The van der Waals surface area contributed by atoms with E-state index >= 15 is 0 Å². The molecule has 0 N–H and O–H groups in total. The summed E-state index contributed by atoms with van der Waals surface area (Å²) >= 11 is 0. The van der Waals surface area contributed by atoms with Gasteiger partial charge in [0.25, 0.3) is 6.71 Å². The normalized spacial score (nSPS) is 14.1. The Bertz CT molecular complexity index is 6390. The van der Waals surface area contributed by atoms with Crippen LogP contribution in [0.25, 0.3) is 121 Å². The minimum atomic E-state index is -0.590. The molecule has 0 saturated heterocycles. The summed E-state index contributed by atoms with van der Waals surface area (Å²) in [6.07, 6.45) is 0. The first kappa shape index (κ1) is 49.7. The predicted molar refractivity (Wildman–Crippen MR) is 416 cm³/mol. The largest absolute Gasteiger partial charge is 0.454 e. The summed E-state index contributed by atoms with van der Waals surface area (Å²) < 4.78 is 87.4. The Morgan fingerprint density at radius 2 is 0.806 bits per heavy atom. The Morgan fingerprint density at radius 1 is 0.337 bits per heavy atom. The fourth-order valence-corrected chi connectivity index (χ4v) is 15.9. The minimum Gasteiger partial charge on any atom is -0.454 e. The van der Waals surface area contributed by atoms with Crippen molar-refractivity contribution in [2.45, 2.75) is 52.4 Å². The summed E-state index contributed by atoms with van der Waals surface area (Å²) in [5.41, 5.74) is 22.7. The van der Waals surface area contributed by atoms with E-state index in [1.54, 1.807) is 4.57 Å². The second-order valence-electron chi connectivity index (χ2n) is 28.2. The van der Waals surface area contributed by atoms with Crippen LogP contribution in [0, 0.1) is 0 Å². The van der Waals surface area contributed by atoms with Gasteiger partial charge in [0.2, 0.25) is 0 Å². The van der Waals surface area contributed by atoms with Crippen molar-refractivity contribution in [3.8, 4) is 55.9 Å². The second-order valence-corrected chi connectivity index (χ2v) is 28.2. The van der Waals surface area contributed by atoms with E-state index in [-0.39, 0.29) is 44.7 Å². The van der Waals surface area contributed by atoms with Crippen LogP contribution < -0.4 is 26.2 Å². The third-order valence-corrected chi connectivity index (χ3v) is 20.4.